The van der Waals surface area contributed by atoms with E-state index in [2.05, 4.69) is 21.7 Å². The van der Waals surface area contributed by atoms with Crippen LogP contribution in [0.2, 0.25) is 0 Å². The fraction of sp³-hybridized carbons (Fsp3) is 0.550. The van der Waals surface area contributed by atoms with Gasteiger partial charge in [-0.3, -0.25) is 9.69 Å². The monoisotopic (exact) mass is 374 g/mol. The van der Waals surface area contributed by atoms with Gasteiger partial charge in [0.1, 0.15) is 5.76 Å². The summed E-state index contributed by atoms with van der Waals surface area (Å²) in [5, 5.41) is 15.0. The summed E-state index contributed by atoms with van der Waals surface area (Å²) in [5.41, 5.74) is 0. The number of hydrogen-bond donors (Lipinski definition) is 2. The van der Waals surface area contributed by atoms with Gasteiger partial charge in [-0.25, -0.2) is 0 Å². The standard InChI is InChI=1S/C20H26N2O3S/c23-16-11-15(12-16)19(18-4-2-10-26-18)21-20(24)14-5-7-22(8-6-14)13-17-3-1-9-25-17/h1-4,9-10,14-16,19,23H,5-8,11-13H2,(H,21,24)/t15?,16?,19-/m1/s1. The van der Waals surface area contributed by atoms with Crippen molar-refractivity contribution in [2.24, 2.45) is 11.8 Å². The predicted molar refractivity (Wildman–Crippen MR) is 101 cm³/mol. The minimum atomic E-state index is -0.204. The Hall–Kier alpha value is -1.63. The van der Waals surface area contributed by atoms with Crippen molar-refractivity contribution in [3.63, 3.8) is 0 Å². The summed E-state index contributed by atoms with van der Waals surface area (Å²) in [6, 6.07) is 8.08. The van der Waals surface area contributed by atoms with E-state index in [1.165, 1.54) is 4.88 Å². The average molecular weight is 375 g/mol. The number of nitrogens with zero attached hydrogens (tertiary/aromatic N) is 1. The number of carbonyl (C=O) groups excluding carboxylic acids is 1. The number of amides is 1. The van der Waals surface area contributed by atoms with E-state index >= 15 is 0 Å². The Morgan fingerprint density at radius 2 is 2.12 bits per heavy atom. The van der Waals surface area contributed by atoms with E-state index in [9.17, 15) is 9.90 Å². The summed E-state index contributed by atoms with van der Waals surface area (Å²) in [5.74, 6) is 1.58. The van der Waals surface area contributed by atoms with Crippen LogP contribution in [0.4, 0.5) is 0 Å². The first-order chi connectivity index (χ1) is 12.7. The van der Waals surface area contributed by atoms with Gasteiger partial charge in [-0.1, -0.05) is 6.07 Å². The van der Waals surface area contributed by atoms with E-state index in [-0.39, 0.29) is 24.0 Å². The van der Waals surface area contributed by atoms with E-state index in [1.807, 2.05) is 18.2 Å². The van der Waals surface area contributed by atoms with E-state index < -0.39 is 0 Å². The number of rotatable bonds is 6. The molecule has 0 aromatic carbocycles. The highest BCUT2D eigenvalue weighted by Gasteiger charge is 2.37. The van der Waals surface area contributed by atoms with Crippen LogP contribution in [0.1, 0.15) is 42.4 Å². The fourth-order valence-corrected chi connectivity index (χ4v) is 4.91. The molecule has 1 saturated heterocycles. The Labute approximate surface area is 158 Å². The van der Waals surface area contributed by atoms with Crippen molar-refractivity contribution in [3.8, 4) is 0 Å². The lowest BCUT2D eigenvalue weighted by Crippen LogP contribution is -2.45. The maximum Gasteiger partial charge on any atom is 0.223 e. The van der Waals surface area contributed by atoms with Gasteiger partial charge in [0.2, 0.25) is 5.91 Å². The third-order valence-corrected chi connectivity index (χ3v) is 6.64. The van der Waals surface area contributed by atoms with Crippen LogP contribution in [0.15, 0.2) is 40.3 Å². The Morgan fingerprint density at radius 3 is 2.73 bits per heavy atom. The molecule has 140 valence electrons. The van der Waals surface area contributed by atoms with Crippen LogP contribution in [0.25, 0.3) is 0 Å². The molecule has 5 nitrogen and oxygen atoms in total. The molecule has 2 aromatic rings. The third-order valence-electron chi connectivity index (χ3n) is 5.69. The van der Waals surface area contributed by atoms with Crippen molar-refractivity contribution in [3.05, 3.63) is 46.5 Å². The molecule has 1 atom stereocenters. The lowest BCUT2D eigenvalue weighted by atomic mass is 9.76. The normalized spacial score (nSPS) is 25.6. The van der Waals surface area contributed by atoms with Crippen LogP contribution in [0, 0.1) is 11.8 Å². The van der Waals surface area contributed by atoms with Crippen molar-refractivity contribution in [1.82, 2.24) is 10.2 Å². The summed E-state index contributed by atoms with van der Waals surface area (Å²) in [4.78, 5) is 16.4. The molecular formula is C20H26N2O3S. The highest BCUT2D eigenvalue weighted by molar-refractivity contribution is 7.10. The zero-order valence-corrected chi connectivity index (χ0v) is 15.7. The van der Waals surface area contributed by atoms with Crippen LogP contribution in [0.3, 0.4) is 0 Å². The van der Waals surface area contributed by atoms with Gasteiger partial charge in [0, 0.05) is 10.8 Å². The zero-order valence-electron chi connectivity index (χ0n) is 14.8. The van der Waals surface area contributed by atoms with E-state index in [4.69, 9.17) is 4.42 Å². The Kier molecular flexibility index (Phi) is 5.43. The van der Waals surface area contributed by atoms with Crippen molar-refractivity contribution in [2.45, 2.75) is 44.4 Å². The smallest absolute Gasteiger partial charge is 0.223 e. The molecular weight excluding hydrogens is 348 g/mol. The molecule has 1 amide bonds. The van der Waals surface area contributed by atoms with Crippen molar-refractivity contribution < 1.29 is 14.3 Å². The largest absolute Gasteiger partial charge is 0.468 e. The Bertz CT molecular complexity index is 687. The molecule has 2 N–H and O–H groups in total. The number of carbonyl (C=O) groups is 1. The molecule has 1 aliphatic carbocycles. The SMILES string of the molecule is O=C(N[C@@H](c1cccs1)C1CC(O)C1)C1CCN(Cc2ccco2)CC1. The third kappa shape index (κ3) is 4.03. The van der Waals surface area contributed by atoms with Gasteiger partial charge < -0.3 is 14.8 Å². The minimum absolute atomic E-state index is 0.0482. The highest BCUT2D eigenvalue weighted by Crippen LogP contribution is 2.39. The number of thiophene rings is 1. The summed E-state index contributed by atoms with van der Waals surface area (Å²) in [6.45, 7) is 2.66. The molecule has 0 radical (unpaired) electrons. The van der Waals surface area contributed by atoms with Crippen molar-refractivity contribution >= 4 is 17.2 Å². The predicted octanol–water partition coefficient (Wildman–Crippen LogP) is 3.18. The highest BCUT2D eigenvalue weighted by atomic mass is 32.1. The summed E-state index contributed by atoms with van der Waals surface area (Å²) in [6.07, 6.45) is 4.84. The maximum absolute atomic E-state index is 12.8. The van der Waals surface area contributed by atoms with Crippen LogP contribution in [0.5, 0.6) is 0 Å². The van der Waals surface area contributed by atoms with Crippen LogP contribution in [-0.4, -0.2) is 35.1 Å². The molecule has 3 heterocycles. The number of piperidine rings is 1. The molecule has 6 heteroatoms. The summed E-state index contributed by atoms with van der Waals surface area (Å²) >= 11 is 1.69. The average Bonchev–Trinajstić information content (AvgIpc) is 3.31. The lowest BCUT2D eigenvalue weighted by Gasteiger charge is -2.39. The second-order valence-electron chi connectivity index (χ2n) is 7.52. The van der Waals surface area contributed by atoms with E-state index in [1.54, 1.807) is 17.6 Å². The second kappa shape index (κ2) is 7.94. The van der Waals surface area contributed by atoms with Crippen LogP contribution >= 0.6 is 11.3 Å². The van der Waals surface area contributed by atoms with Crippen LogP contribution in [-0.2, 0) is 11.3 Å². The molecule has 0 unspecified atom stereocenters. The second-order valence-corrected chi connectivity index (χ2v) is 8.50. The molecule has 26 heavy (non-hydrogen) atoms. The topological polar surface area (TPSA) is 65.7 Å². The van der Waals surface area contributed by atoms with Gasteiger partial charge in [0.15, 0.2) is 0 Å². The first-order valence-corrected chi connectivity index (χ1v) is 10.3. The number of furan rings is 1. The van der Waals surface area contributed by atoms with Gasteiger partial charge in [-0.05, 0) is 68.3 Å². The van der Waals surface area contributed by atoms with Gasteiger partial charge >= 0.3 is 0 Å². The van der Waals surface area contributed by atoms with Crippen LogP contribution < -0.4 is 5.32 Å². The van der Waals surface area contributed by atoms with E-state index in [0.29, 0.717) is 5.92 Å². The maximum atomic E-state index is 12.8. The molecule has 0 bridgehead atoms. The van der Waals surface area contributed by atoms with Crippen molar-refractivity contribution in [2.75, 3.05) is 13.1 Å². The van der Waals surface area contributed by atoms with Gasteiger partial charge in [-0.15, -0.1) is 11.3 Å². The molecule has 1 aliphatic heterocycles. The Balaban J connectivity index is 1.31. The fourth-order valence-electron chi connectivity index (χ4n) is 4.04. The first-order valence-electron chi connectivity index (χ1n) is 9.45. The zero-order chi connectivity index (χ0) is 17.9. The number of aliphatic hydroxyl groups excluding tert-OH is 1. The molecule has 2 fully saturated rings. The van der Waals surface area contributed by atoms with Gasteiger partial charge in [0.05, 0.1) is 25.0 Å². The Morgan fingerprint density at radius 1 is 1.31 bits per heavy atom. The van der Waals surface area contributed by atoms with E-state index in [0.717, 1.165) is 51.1 Å². The number of hydrogen-bond acceptors (Lipinski definition) is 5. The van der Waals surface area contributed by atoms with Gasteiger partial charge in [-0.2, -0.15) is 0 Å². The molecule has 0 spiro atoms. The number of aliphatic hydroxyl groups is 1. The van der Waals surface area contributed by atoms with Crippen molar-refractivity contribution in [1.29, 1.82) is 0 Å². The quantitative estimate of drug-likeness (QED) is 0.815. The molecule has 4 rings (SSSR count). The lowest BCUT2D eigenvalue weighted by molar-refractivity contribution is -0.128. The number of likely N-dealkylation sites (tertiary alicyclic amines) is 1. The first kappa shape index (κ1) is 17.8. The molecule has 2 aromatic heterocycles. The van der Waals surface area contributed by atoms with Gasteiger partial charge in [0.25, 0.3) is 0 Å². The summed E-state index contributed by atoms with van der Waals surface area (Å²) in [7, 11) is 0. The summed E-state index contributed by atoms with van der Waals surface area (Å²) < 4.78 is 5.42. The molecule has 1 saturated carbocycles. The molecule has 2 aliphatic rings. The number of nitrogens with one attached hydrogen (secondary N) is 1. The minimum Gasteiger partial charge on any atom is -0.468 e.